The summed E-state index contributed by atoms with van der Waals surface area (Å²) in [6, 6.07) is 5.25. The van der Waals surface area contributed by atoms with Crippen molar-refractivity contribution in [1.82, 2.24) is 5.32 Å². The van der Waals surface area contributed by atoms with Crippen LogP contribution in [-0.4, -0.2) is 31.3 Å². The third-order valence-electron chi connectivity index (χ3n) is 3.34. The molecule has 1 aromatic carbocycles. The number of hydrogen-bond donors (Lipinski definition) is 1. The molecule has 0 atom stereocenters. The van der Waals surface area contributed by atoms with Crippen LogP contribution < -0.4 is 14.8 Å². The SMILES string of the molecule is CC1(CCNC(=O)c2ccc3c(c2)OCCCO3)N=N1. The van der Waals surface area contributed by atoms with Crippen molar-refractivity contribution < 1.29 is 14.3 Å². The van der Waals surface area contributed by atoms with Gasteiger partial charge in [0.15, 0.2) is 17.2 Å². The lowest BCUT2D eigenvalue weighted by molar-refractivity contribution is 0.0952. The minimum absolute atomic E-state index is 0.120. The van der Waals surface area contributed by atoms with Crippen molar-refractivity contribution in [2.45, 2.75) is 25.4 Å². The molecule has 0 fully saturated rings. The molecule has 0 radical (unpaired) electrons. The van der Waals surface area contributed by atoms with Crippen LogP contribution in [0.4, 0.5) is 0 Å². The largest absolute Gasteiger partial charge is 0.490 e. The summed E-state index contributed by atoms with van der Waals surface area (Å²) in [6.45, 7) is 3.74. The van der Waals surface area contributed by atoms with E-state index in [4.69, 9.17) is 9.47 Å². The van der Waals surface area contributed by atoms with E-state index < -0.39 is 0 Å². The summed E-state index contributed by atoms with van der Waals surface area (Å²) >= 11 is 0. The van der Waals surface area contributed by atoms with Gasteiger partial charge in [-0.3, -0.25) is 4.79 Å². The number of carbonyl (C=O) groups excluding carboxylic acids is 1. The lowest BCUT2D eigenvalue weighted by Gasteiger charge is -2.10. The molecule has 0 saturated heterocycles. The average molecular weight is 275 g/mol. The van der Waals surface area contributed by atoms with Gasteiger partial charge < -0.3 is 14.8 Å². The quantitative estimate of drug-likeness (QED) is 0.915. The predicted molar refractivity (Wildman–Crippen MR) is 72.3 cm³/mol. The maximum absolute atomic E-state index is 12.1. The van der Waals surface area contributed by atoms with Crippen molar-refractivity contribution in [3.63, 3.8) is 0 Å². The number of nitrogens with one attached hydrogen (secondary N) is 1. The summed E-state index contributed by atoms with van der Waals surface area (Å²) in [5.41, 5.74) is 0.293. The van der Waals surface area contributed by atoms with Crippen LogP contribution in [0.15, 0.2) is 28.4 Å². The summed E-state index contributed by atoms with van der Waals surface area (Å²) in [6.07, 6.45) is 1.57. The molecule has 2 aliphatic heterocycles. The number of fused-ring (bicyclic) bond motifs is 1. The van der Waals surface area contributed by atoms with E-state index in [1.54, 1.807) is 18.2 Å². The van der Waals surface area contributed by atoms with Gasteiger partial charge in [-0.1, -0.05) is 0 Å². The Kier molecular flexibility index (Phi) is 3.30. The Morgan fingerprint density at radius 3 is 2.80 bits per heavy atom. The molecule has 20 heavy (non-hydrogen) atoms. The topological polar surface area (TPSA) is 72.3 Å². The molecular weight excluding hydrogens is 258 g/mol. The smallest absolute Gasteiger partial charge is 0.251 e. The van der Waals surface area contributed by atoms with Gasteiger partial charge in [-0.15, -0.1) is 0 Å². The van der Waals surface area contributed by atoms with Gasteiger partial charge in [-0.2, -0.15) is 10.2 Å². The van der Waals surface area contributed by atoms with E-state index >= 15 is 0 Å². The van der Waals surface area contributed by atoms with E-state index in [9.17, 15) is 4.79 Å². The number of ether oxygens (including phenoxy) is 2. The van der Waals surface area contributed by atoms with Crippen molar-refractivity contribution in [2.24, 2.45) is 10.2 Å². The summed E-state index contributed by atoms with van der Waals surface area (Å²) in [4.78, 5) is 12.1. The molecule has 2 aliphatic rings. The molecule has 0 saturated carbocycles. The zero-order valence-corrected chi connectivity index (χ0v) is 11.4. The first-order valence-electron chi connectivity index (χ1n) is 6.78. The zero-order valence-electron chi connectivity index (χ0n) is 11.4. The van der Waals surface area contributed by atoms with Crippen molar-refractivity contribution >= 4 is 5.91 Å². The summed E-state index contributed by atoms with van der Waals surface area (Å²) < 4.78 is 11.1. The second-order valence-electron chi connectivity index (χ2n) is 5.13. The van der Waals surface area contributed by atoms with Crippen LogP contribution in [0.2, 0.25) is 0 Å². The van der Waals surface area contributed by atoms with Gasteiger partial charge in [0.05, 0.1) is 13.2 Å². The molecule has 0 bridgehead atoms. The fourth-order valence-corrected chi connectivity index (χ4v) is 2.00. The maximum Gasteiger partial charge on any atom is 0.251 e. The first-order valence-corrected chi connectivity index (χ1v) is 6.78. The third-order valence-corrected chi connectivity index (χ3v) is 3.34. The van der Waals surface area contributed by atoms with E-state index in [-0.39, 0.29) is 11.6 Å². The van der Waals surface area contributed by atoms with E-state index in [1.807, 2.05) is 6.92 Å². The Balaban J connectivity index is 1.61. The van der Waals surface area contributed by atoms with Crippen LogP contribution in [0.25, 0.3) is 0 Å². The van der Waals surface area contributed by atoms with Gasteiger partial charge in [-0.05, 0) is 25.1 Å². The second kappa shape index (κ2) is 5.11. The molecule has 0 unspecified atom stereocenters. The van der Waals surface area contributed by atoms with E-state index in [0.29, 0.717) is 36.8 Å². The van der Waals surface area contributed by atoms with Crippen LogP contribution in [-0.2, 0) is 0 Å². The van der Waals surface area contributed by atoms with Gasteiger partial charge in [0.1, 0.15) is 0 Å². The molecule has 0 aliphatic carbocycles. The number of amides is 1. The number of carbonyl (C=O) groups is 1. The molecule has 6 heteroatoms. The summed E-state index contributed by atoms with van der Waals surface area (Å²) in [5, 5.41) is 10.7. The van der Waals surface area contributed by atoms with Gasteiger partial charge in [0, 0.05) is 24.9 Å². The summed E-state index contributed by atoms with van der Waals surface area (Å²) in [5.74, 6) is 1.21. The number of benzene rings is 1. The molecule has 6 nitrogen and oxygen atoms in total. The molecular formula is C14H17N3O3. The Bertz CT molecular complexity index is 551. The van der Waals surface area contributed by atoms with Gasteiger partial charge >= 0.3 is 0 Å². The minimum atomic E-state index is -0.280. The lowest BCUT2D eigenvalue weighted by Crippen LogP contribution is -2.27. The first-order chi connectivity index (χ1) is 9.66. The monoisotopic (exact) mass is 275 g/mol. The summed E-state index contributed by atoms with van der Waals surface area (Å²) in [7, 11) is 0. The highest BCUT2D eigenvalue weighted by Crippen LogP contribution is 2.31. The maximum atomic E-state index is 12.1. The molecule has 0 aromatic heterocycles. The standard InChI is InChI=1S/C14H17N3O3/c1-14(16-17-14)5-6-15-13(18)10-3-4-11-12(9-10)20-8-2-7-19-11/h3-4,9H,2,5-8H2,1H3,(H,15,18). The van der Waals surface area contributed by atoms with Crippen LogP contribution in [0.5, 0.6) is 11.5 Å². The van der Waals surface area contributed by atoms with Crippen molar-refractivity contribution in [1.29, 1.82) is 0 Å². The Hall–Kier alpha value is -2.11. The fraction of sp³-hybridized carbons (Fsp3) is 0.500. The Labute approximate surface area is 117 Å². The normalized spacial score (nSPS) is 18.2. The minimum Gasteiger partial charge on any atom is -0.490 e. The highest BCUT2D eigenvalue weighted by molar-refractivity contribution is 5.94. The highest BCUT2D eigenvalue weighted by Gasteiger charge is 2.33. The Morgan fingerprint density at radius 2 is 2.05 bits per heavy atom. The predicted octanol–water partition coefficient (Wildman–Crippen LogP) is 2.15. The zero-order chi connectivity index (χ0) is 14.0. The fourth-order valence-electron chi connectivity index (χ4n) is 2.00. The van der Waals surface area contributed by atoms with E-state index in [2.05, 4.69) is 15.5 Å². The van der Waals surface area contributed by atoms with Crippen molar-refractivity contribution in [2.75, 3.05) is 19.8 Å². The molecule has 0 spiro atoms. The molecule has 1 amide bonds. The number of nitrogens with zero attached hydrogens (tertiary/aromatic N) is 2. The van der Waals surface area contributed by atoms with Gasteiger partial charge in [0.2, 0.25) is 0 Å². The van der Waals surface area contributed by atoms with Crippen molar-refractivity contribution in [3.05, 3.63) is 23.8 Å². The van der Waals surface area contributed by atoms with Crippen LogP contribution in [0, 0.1) is 0 Å². The lowest BCUT2D eigenvalue weighted by atomic mass is 10.1. The molecule has 3 rings (SSSR count). The van der Waals surface area contributed by atoms with Gasteiger partial charge in [0.25, 0.3) is 5.91 Å². The number of hydrogen-bond acceptors (Lipinski definition) is 5. The average Bonchev–Trinajstić information content (AvgIpc) is 3.21. The first kappa shape index (κ1) is 12.9. The van der Waals surface area contributed by atoms with Crippen LogP contribution in [0.1, 0.15) is 30.1 Å². The highest BCUT2D eigenvalue weighted by atomic mass is 16.5. The Morgan fingerprint density at radius 1 is 1.30 bits per heavy atom. The molecule has 106 valence electrons. The third kappa shape index (κ3) is 2.89. The van der Waals surface area contributed by atoms with Crippen LogP contribution >= 0.6 is 0 Å². The van der Waals surface area contributed by atoms with E-state index in [1.165, 1.54) is 0 Å². The molecule has 1 aromatic rings. The second-order valence-corrected chi connectivity index (χ2v) is 5.13. The van der Waals surface area contributed by atoms with E-state index in [0.717, 1.165) is 12.8 Å². The van der Waals surface area contributed by atoms with Crippen LogP contribution in [0.3, 0.4) is 0 Å². The van der Waals surface area contributed by atoms with Crippen molar-refractivity contribution in [3.8, 4) is 11.5 Å². The number of rotatable bonds is 4. The molecule has 1 N–H and O–H groups in total. The molecule has 2 heterocycles. The van der Waals surface area contributed by atoms with Gasteiger partial charge in [-0.25, -0.2) is 0 Å².